The van der Waals surface area contributed by atoms with E-state index in [-0.39, 0.29) is 5.54 Å². The Balaban J connectivity index is 1.63. The van der Waals surface area contributed by atoms with E-state index in [1.165, 1.54) is 6.42 Å². The van der Waals surface area contributed by atoms with E-state index in [2.05, 4.69) is 15.1 Å². The topological polar surface area (TPSA) is 77.8 Å². The smallest absolute Gasteiger partial charge is 0.228 e. The lowest BCUT2D eigenvalue weighted by Crippen LogP contribution is -2.48. The van der Waals surface area contributed by atoms with Gasteiger partial charge in [0, 0.05) is 23.7 Å². The van der Waals surface area contributed by atoms with E-state index in [1.54, 1.807) is 17.5 Å². The summed E-state index contributed by atoms with van der Waals surface area (Å²) in [5.74, 6) is 1.21. The normalized spacial score (nSPS) is 17.2. The second-order valence-electron chi connectivity index (χ2n) is 5.43. The van der Waals surface area contributed by atoms with E-state index in [4.69, 9.17) is 10.3 Å². The first-order valence-electron chi connectivity index (χ1n) is 6.67. The minimum Gasteiger partial charge on any atom is -0.339 e. The predicted octanol–water partition coefficient (Wildman–Crippen LogP) is 2.77. The van der Waals surface area contributed by atoms with Gasteiger partial charge in [-0.25, -0.2) is 0 Å². The molecule has 2 N–H and O–H groups in total. The Morgan fingerprint density at radius 2 is 2.30 bits per heavy atom. The fourth-order valence-electron chi connectivity index (χ4n) is 2.52. The van der Waals surface area contributed by atoms with Crippen molar-refractivity contribution in [3.63, 3.8) is 0 Å². The molecule has 0 spiro atoms. The van der Waals surface area contributed by atoms with Crippen molar-refractivity contribution in [3.8, 4) is 11.4 Å². The molecule has 0 radical (unpaired) electrons. The quantitative estimate of drug-likeness (QED) is 0.801. The molecule has 3 aromatic heterocycles. The summed E-state index contributed by atoms with van der Waals surface area (Å²) in [6.07, 6.45) is 5.71. The molecule has 0 unspecified atom stereocenters. The number of hydrogen-bond acceptors (Lipinski definition) is 6. The standard InChI is InChI=1S/C14H14N4OS/c15-14(3-1-4-14)7-12-17-13(18-19-12)9-6-11-10(16-8-9)2-5-20-11/h2,5-6,8H,1,3-4,7,15H2. The van der Waals surface area contributed by atoms with Gasteiger partial charge in [0.15, 0.2) is 0 Å². The zero-order valence-corrected chi connectivity index (χ0v) is 11.7. The number of fused-ring (bicyclic) bond motifs is 1. The average Bonchev–Trinajstić information content (AvgIpc) is 3.04. The molecule has 3 heterocycles. The van der Waals surface area contributed by atoms with Crippen LogP contribution in [0.2, 0.25) is 0 Å². The van der Waals surface area contributed by atoms with E-state index in [0.717, 1.165) is 28.6 Å². The summed E-state index contributed by atoms with van der Waals surface area (Å²) in [6, 6.07) is 4.05. The van der Waals surface area contributed by atoms with Crippen LogP contribution in [-0.2, 0) is 6.42 Å². The third-order valence-electron chi connectivity index (χ3n) is 3.88. The monoisotopic (exact) mass is 286 g/mol. The van der Waals surface area contributed by atoms with Crippen molar-refractivity contribution in [1.29, 1.82) is 0 Å². The molecule has 20 heavy (non-hydrogen) atoms. The van der Waals surface area contributed by atoms with E-state index in [9.17, 15) is 0 Å². The van der Waals surface area contributed by atoms with Gasteiger partial charge in [0.2, 0.25) is 11.7 Å². The van der Waals surface area contributed by atoms with Crippen molar-refractivity contribution in [2.24, 2.45) is 5.73 Å². The molecule has 3 aromatic rings. The maximum Gasteiger partial charge on any atom is 0.228 e. The first-order valence-corrected chi connectivity index (χ1v) is 7.55. The van der Waals surface area contributed by atoms with Crippen LogP contribution in [0.3, 0.4) is 0 Å². The summed E-state index contributed by atoms with van der Waals surface area (Å²) >= 11 is 1.66. The van der Waals surface area contributed by atoms with E-state index >= 15 is 0 Å². The zero-order valence-electron chi connectivity index (χ0n) is 10.9. The molecule has 6 heteroatoms. The van der Waals surface area contributed by atoms with Crippen LogP contribution in [-0.4, -0.2) is 20.7 Å². The Morgan fingerprint density at radius 1 is 1.40 bits per heavy atom. The Kier molecular flexibility index (Phi) is 2.61. The summed E-state index contributed by atoms with van der Waals surface area (Å²) in [4.78, 5) is 8.84. The van der Waals surface area contributed by atoms with Gasteiger partial charge in [-0.1, -0.05) is 5.16 Å². The van der Waals surface area contributed by atoms with Crippen LogP contribution >= 0.6 is 11.3 Å². The van der Waals surface area contributed by atoms with Crippen molar-refractivity contribution >= 4 is 21.6 Å². The molecule has 1 aliphatic rings. The van der Waals surface area contributed by atoms with Crippen LogP contribution in [0.1, 0.15) is 25.2 Å². The molecule has 5 nitrogen and oxygen atoms in total. The molecule has 0 atom stereocenters. The fourth-order valence-corrected chi connectivity index (χ4v) is 3.30. The molecule has 0 amide bonds. The van der Waals surface area contributed by atoms with Gasteiger partial charge in [0.25, 0.3) is 0 Å². The number of thiophene rings is 1. The van der Waals surface area contributed by atoms with E-state index < -0.39 is 0 Å². The Labute approximate surface area is 119 Å². The minimum atomic E-state index is -0.139. The summed E-state index contributed by atoms with van der Waals surface area (Å²) in [7, 11) is 0. The molecular weight excluding hydrogens is 272 g/mol. The van der Waals surface area contributed by atoms with E-state index in [0.29, 0.717) is 18.1 Å². The number of nitrogens with zero attached hydrogens (tertiary/aromatic N) is 3. The van der Waals surface area contributed by atoms with Gasteiger partial charge in [-0.2, -0.15) is 4.98 Å². The van der Waals surface area contributed by atoms with Gasteiger partial charge in [0.05, 0.1) is 10.2 Å². The maximum absolute atomic E-state index is 6.20. The third kappa shape index (κ3) is 2.01. The summed E-state index contributed by atoms with van der Waals surface area (Å²) in [6.45, 7) is 0. The average molecular weight is 286 g/mol. The SMILES string of the molecule is NC1(Cc2nc(-c3cnc4ccsc4c3)no2)CCC1. The van der Waals surface area contributed by atoms with Crippen molar-refractivity contribution < 1.29 is 4.52 Å². The van der Waals surface area contributed by atoms with Gasteiger partial charge in [-0.05, 0) is 36.8 Å². The van der Waals surface area contributed by atoms with Crippen molar-refractivity contribution in [2.45, 2.75) is 31.2 Å². The number of nitrogens with two attached hydrogens (primary N) is 1. The molecule has 102 valence electrons. The molecule has 0 bridgehead atoms. The summed E-state index contributed by atoms with van der Waals surface area (Å²) in [5.41, 5.74) is 7.95. The van der Waals surface area contributed by atoms with Crippen molar-refractivity contribution in [2.75, 3.05) is 0 Å². The van der Waals surface area contributed by atoms with Gasteiger partial charge in [0.1, 0.15) is 0 Å². The zero-order chi connectivity index (χ0) is 13.6. The third-order valence-corrected chi connectivity index (χ3v) is 4.73. The van der Waals surface area contributed by atoms with Crippen LogP contribution in [0.4, 0.5) is 0 Å². The first kappa shape index (κ1) is 12.0. The first-order chi connectivity index (χ1) is 9.72. The molecule has 0 aromatic carbocycles. The van der Waals surface area contributed by atoms with Crippen LogP contribution in [0.15, 0.2) is 28.2 Å². The predicted molar refractivity (Wildman–Crippen MR) is 77.4 cm³/mol. The lowest BCUT2D eigenvalue weighted by molar-refractivity contribution is 0.222. The molecule has 1 fully saturated rings. The molecule has 1 saturated carbocycles. The molecular formula is C14H14N4OS. The lowest BCUT2D eigenvalue weighted by Gasteiger charge is -2.36. The number of hydrogen-bond donors (Lipinski definition) is 1. The molecule has 0 saturated heterocycles. The maximum atomic E-state index is 6.20. The van der Waals surface area contributed by atoms with Gasteiger partial charge in [-0.3, -0.25) is 4.98 Å². The lowest BCUT2D eigenvalue weighted by atomic mass is 9.75. The van der Waals surface area contributed by atoms with E-state index in [1.807, 2.05) is 17.5 Å². The van der Waals surface area contributed by atoms with Crippen LogP contribution in [0.5, 0.6) is 0 Å². The Morgan fingerprint density at radius 3 is 3.10 bits per heavy atom. The number of aromatic nitrogens is 3. The number of pyridine rings is 1. The van der Waals surface area contributed by atoms with Gasteiger partial charge >= 0.3 is 0 Å². The Bertz CT molecular complexity index is 759. The highest BCUT2D eigenvalue weighted by atomic mass is 32.1. The summed E-state index contributed by atoms with van der Waals surface area (Å²) < 4.78 is 6.45. The summed E-state index contributed by atoms with van der Waals surface area (Å²) in [5, 5.41) is 6.07. The second kappa shape index (κ2) is 4.36. The van der Waals surface area contributed by atoms with Crippen molar-refractivity contribution in [3.05, 3.63) is 29.6 Å². The number of rotatable bonds is 3. The minimum absolute atomic E-state index is 0.139. The van der Waals surface area contributed by atoms with Crippen LogP contribution < -0.4 is 5.73 Å². The van der Waals surface area contributed by atoms with Crippen LogP contribution in [0.25, 0.3) is 21.6 Å². The van der Waals surface area contributed by atoms with Gasteiger partial charge < -0.3 is 10.3 Å². The molecule has 1 aliphatic carbocycles. The van der Waals surface area contributed by atoms with Crippen molar-refractivity contribution in [1.82, 2.24) is 15.1 Å². The highest BCUT2D eigenvalue weighted by Gasteiger charge is 2.34. The highest BCUT2D eigenvalue weighted by molar-refractivity contribution is 7.17. The largest absolute Gasteiger partial charge is 0.339 e. The second-order valence-corrected chi connectivity index (χ2v) is 6.38. The van der Waals surface area contributed by atoms with Crippen LogP contribution in [0, 0.1) is 0 Å². The fraction of sp³-hybridized carbons (Fsp3) is 0.357. The van der Waals surface area contributed by atoms with Gasteiger partial charge in [-0.15, -0.1) is 11.3 Å². The molecule has 0 aliphatic heterocycles. The highest BCUT2D eigenvalue weighted by Crippen LogP contribution is 2.32. The molecule has 4 rings (SSSR count). The Hall–Kier alpha value is -1.79.